The van der Waals surface area contributed by atoms with Gasteiger partial charge in [-0.15, -0.1) is 0 Å². The zero-order chi connectivity index (χ0) is 45.8. The molecule has 0 aromatic carbocycles. The number of ether oxygens (including phenoxy) is 3. The second-order valence-electron chi connectivity index (χ2n) is 17.0. The molecule has 63 heavy (non-hydrogen) atoms. The molecule has 0 saturated heterocycles. The fraction of sp³-hybridized carbons (Fsp3) is 0.702. The molecule has 1 unspecified atom stereocenters. The Morgan fingerprint density at radius 2 is 0.683 bits per heavy atom. The fourth-order valence-electron chi connectivity index (χ4n) is 7.04. The molecule has 0 spiro atoms. The highest BCUT2D eigenvalue weighted by molar-refractivity contribution is 5.72. The summed E-state index contributed by atoms with van der Waals surface area (Å²) in [6, 6.07) is 0. The average Bonchev–Trinajstić information content (AvgIpc) is 3.28. The molecule has 0 aromatic rings. The molecule has 0 radical (unpaired) electrons. The summed E-state index contributed by atoms with van der Waals surface area (Å²) in [6.07, 6.45) is 66.1. The number of carbonyl (C=O) groups is 3. The van der Waals surface area contributed by atoms with E-state index in [4.69, 9.17) is 14.2 Å². The van der Waals surface area contributed by atoms with E-state index in [-0.39, 0.29) is 31.6 Å². The Morgan fingerprint density at radius 1 is 0.349 bits per heavy atom. The molecule has 360 valence electrons. The maximum absolute atomic E-state index is 12.8. The molecule has 6 heteroatoms. The summed E-state index contributed by atoms with van der Waals surface area (Å²) in [7, 11) is 0. The van der Waals surface area contributed by atoms with Crippen molar-refractivity contribution in [3.8, 4) is 0 Å². The van der Waals surface area contributed by atoms with E-state index in [2.05, 4.69) is 93.7 Å². The van der Waals surface area contributed by atoms with E-state index in [9.17, 15) is 14.4 Å². The van der Waals surface area contributed by atoms with Crippen molar-refractivity contribution in [3.63, 3.8) is 0 Å². The Kier molecular flexibility index (Phi) is 48.5. The van der Waals surface area contributed by atoms with E-state index < -0.39 is 12.1 Å². The highest BCUT2D eigenvalue weighted by atomic mass is 16.6. The van der Waals surface area contributed by atoms with Gasteiger partial charge in [0.2, 0.25) is 0 Å². The van der Waals surface area contributed by atoms with Crippen LogP contribution in [0.4, 0.5) is 0 Å². The minimum atomic E-state index is -0.815. The number of rotatable bonds is 46. The number of esters is 3. The zero-order valence-corrected chi connectivity index (χ0v) is 41.1. The molecule has 0 fully saturated rings. The second kappa shape index (κ2) is 51.2. The summed E-state index contributed by atoms with van der Waals surface area (Å²) in [4.78, 5) is 37.8. The van der Waals surface area contributed by atoms with Crippen molar-refractivity contribution < 1.29 is 28.6 Å². The van der Waals surface area contributed by atoms with Gasteiger partial charge in [-0.25, -0.2) is 0 Å². The molecule has 0 aromatic heterocycles. The molecule has 0 aliphatic heterocycles. The van der Waals surface area contributed by atoms with Crippen LogP contribution in [0.1, 0.15) is 239 Å². The van der Waals surface area contributed by atoms with Crippen LogP contribution in [0.25, 0.3) is 0 Å². The number of hydrogen-bond acceptors (Lipinski definition) is 6. The van der Waals surface area contributed by atoms with Crippen molar-refractivity contribution in [2.45, 2.75) is 245 Å². The number of unbranched alkanes of at least 4 members (excludes halogenated alkanes) is 22. The molecule has 0 N–H and O–H groups in total. The molecule has 0 aliphatic carbocycles. The normalized spacial score (nSPS) is 12.7. The van der Waals surface area contributed by atoms with Gasteiger partial charge in [-0.1, -0.05) is 215 Å². The molecule has 0 amide bonds. The summed E-state index contributed by atoms with van der Waals surface area (Å²) in [5.41, 5.74) is 0. The topological polar surface area (TPSA) is 78.9 Å². The van der Waals surface area contributed by atoms with Gasteiger partial charge in [0.05, 0.1) is 6.42 Å². The lowest BCUT2D eigenvalue weighted by Gasteiger charge is -2.18. The van der Waals surface area contributed by atoms with Crippen molar-refractivity contribution in [2.24, 2.45) is 0 Å². The first-order valence-electron chi connectivity index (χ1n) is 26.1. The minimum absolute atomic E-state index is 0.108. The lowest BCUT2D eigenvalue weighted by molar-refractivity contribution is -0.166. The van der Waals surface area contributed by atoms with Crippen LogP contribution in [0.2, 0.25) is 0 Å². The number of hydrogen-bond donors (Lipinski definition) is 0. The first kappa shape index (κ1) is 59.6. The predicted molar refractivity (Wildman–Crippen MR) is 270 cm³/mol. The van der Waals surface area contributed by atoms with Gasteiger partial charge in [-0.2, -0.15) is 0 Å². The molecular formula is C57H96O6. The van der Waals surface area contributed by atoms with Gasteiger partial charge in [0.1, 0.15) is 13.2 Å². The summed E-state index contributed by atoms with van der Waals surface area (Å²) in [5.74, 6) is -1.05. The lowest BCUT2D eigenvalue weighted by Crippen LogP contribution is -2.30. The molecule has 0 rings (SSSR count). The van der Waals surface area contributed by atoms with Crippen LogP contribution in [0, 0.1) is 0 Å². The molecule has 0 aliphatic rings. The molecule has 0 saturated carbocycles. The van der Waals surface area contributed by atoms with E-state index in [1.165, 1.54) is 122 Å². The Labute approximate surface area is 388 Å². The highest BCUT2D eigenvalue weighted by Crippen LogP contribution is 2.14. The first-order valence-corrected chi connectivity index (χ1v) is 26.1. The average molecular weight is 877 g/mol. The largest absolute Gasteiger partial charge is 0.462 e. The van der Waals surface area contributed by atoms with Gasteiger partial charge < -0.3 is 14.2 Å². The Balaban J connectivity index is 4.36. The Bertz CT molecular complexity index is 1240. The third-order valence-electron chi connectivity index (χ3n) is 10.9. The quantitative estimate of drug-likeness (QED) is 0.0262. The molecular weight excluding hydrogens is 781 g/mol. The van der Waals surface area contributed by atoms with Crippen LogP contribution in [0.3, 0.4) is 0 Å². The summed E-state index contributed by atoms with van der Waals surface area (Å²) < 4.78 is 16.7. The van der Waals surface area contributed by atoms with Crippen molar-refractivity contribution >= 4 is 17.9 Å². The van der Waals surface area contributed by atoms with Crippen molar-refractivity contribution in [2.75, 3.05) is 13.2 Å². The van der Waals surface area contributed by atoms with Crippen LogP contribution in [0.5, 0.6) is 0 Å². The van der Waals surface area contributed by atoms with Crippen LogP contribution in [-0.4, -0.2) is 37.2 Å². The van der Waals surface area contributed by atoms with Crippen molar-refractivity contribution in [1.82, 2.24) is 0 Å². The summed E-state index contributed by atoms with van der Waals surface area (Å²) >= 11 is 0. The lowest BCUT2D eigenvalue weighted by atomic mass is 10.1. The smallest absolute Gasteiger partial charge is 0.309 e. The standard InChI is InChI=1S/C57H96O6/c1-4-7-10-13-16-19-21-23-25-27-28-30-31-33-35-38-41-44-47-50-56(59)62-53-54(52-61-55(58)49-46-43-40-37-18-15-12-9-6-3)63-57(60)51-48-45-42-39-36-34-32-29-26-24-22-20-17-14-11-8-5-2/h7,9-10,12,16,18-19,23-26,37,43,46,54H,4-6,8,11,13-15,17,20-22,27-36,38-42,44-45,47-53H2,1-3H3/b10-7-,12-9-,19-16-,25-23-,26-24-,37-18-,46-43-. The summed E-state index contributed by atoms with van der Waals surface area (Å²) in [5, 5.41) is 0. The van der Waals surface area contributed by atoms with Crippen LogP contribution < -0.4 is 0 Å². The second-order valence-corrected chi connectivity index (χ2v) is 17.0. The first-order chi connectivity index (χ1) is 31.0. The highest BCUT2D eigenvalue weighted by Gasteiger charge is 2.19. The van der Waals surface area contributed by atoms with Gasteiger partial charge >= 0.3 is 17.9 Å². The Hall–Kier alpha value is -3.41. The maximum atomic E-state index is 12.8. The van der Waals surface area contributed by atoms with E-state index in [1.807, 2.05) is 6.08 Å². The molecule has 6 nitrogen and oxygen atoms in total. The van der Waals surface area contributed by atoms with E-state index >= 15 is 0 Å². The van der Waals surface area contributed by atoms with E-state index in [0.717, 1.165) is 77.0 Å². The van der Waals surface area contributed by atoms with Crippen LogP contribution in [0.15, 0.2) is 85.1 Å². The predicted octanol–water partition coefficient (Wildman–Crippen LogP) is 17.2. The third-order valence-corrected chi connectivity index (χ3v) is 10.9. The van der Waals surface area contributed by atoms with E-state index in [0.29, 0.717) is 12.8 Å². The number of allylic oxidation sites excluding steroid dienone is 13. The Morgan fingerprint density at radius 3 is 1.13 bits per heavy atom. The molecule has 0 bridgehead atoms. The molecule has 0 heterocycles. The van der Waals surface area contributed by atoms with E-state index in [1.54, 1.807) is 6.08 Å². The van der Waals surface area contributed by atoms with Crippen LogP contribution in [-0.2, 0) is 28.6 Å². The molecule has 1 atom stereocenters. The van der Waals surface area contributed by atoms with Crippen LogP contribution >= 0.6 is 0 Å². The van der Waals surface area contributed by atoms with Gasteiger partial charge in [0, 0.05) is 12.8 Å². The monoisotopic (exact) mass is 877 g/mol. The minimum Gasteiger partial charge on any atom is -0.462 e. The zero-order valence-electron chi connectivity index (χ0n) is 41.1. The van der Waals surface area contributed by atoms with Crippen molar-refractivity contribution in [1.29, 1.82) is 0 Å². The van der Waals surface area contributed by atoms with Gasteiger partial charge in [0.15, 0.2) is 6.10 Å². The maximum Gasteiger partial charge on any atom is 0.309 e. The third kappa shape index (κ3) is 49.5. The van der Waals surface area contributed by atoms with Gasteiger partial charge in [-0.3, -0.25) is 14.4 Å². The van der Waals surface area contributed by atoms with Gasteiger partial charge in [0.25, 0.3) is 0 Å². The SMILES string of the molecule is CC/C=C\C/C=C\C/C=C\CCCCCCCCCCCC(=O)OCC(COC(=O)C/C=C\C/C=C\C/C=C\CC)OC(=O)CCCCCCCCC/C=C\CCCCCCCC. The van der Waals surface area contributed by atoms with Crippen molar-refractivity contribution in [3.05, 3.63) is 85.1 Å². The van der Waals surface area contributed by atoms with Gasteiger partial charge in [-0.05, 0) is 89.9 Å². The fourth-order valence-corrected chi connectivity index (χ4v) is 7.04. The number of carbonyl (C=O) groups excluding carboxylic acids is 3. The summed E-state index contributed by atoms with van der Waals surface area (Å²) in [6.45, 7) is 6.30.